The van der Waals surface area contributed by atoms with E-state index in [0.29, 0.717) is 55.0 Å². The molecule has 4 aromatic rings. The number of fused-ring (bicyclic) bond motifs is 1. The van der Waals surface area contributed by atoms with Gasteiger partial charge in [0.25, 0.3) is 5.56 Å². The van der Waals surface area contributed by atoms with Crippen molar-refractivity contribution in [1.29, 1.82) is 0 Å². The normalized spacial score (nSPS) is 14.7. The summed E-state index contributed by atoms with van der Waals surface area (Å²) in [5.74, 6) is 1.15. The summed E-state index contributed by atoms with van der Waals surface area (Å²) in [6.07, 6.45) is 1.67. The lowest BCUT2D eigenvalue weighted by Crippen LogP contribution is -2.40. The van der Waals surface area contributed by atoms with Gasteiger partial charge in [-0.3, -0.25) is 9.36 Å². The molecule has 44 heavy (non-hydrogen) atoms. The summed E-state index contributed by atoms with van der Waals surface area (Å²) in [5, 5.41) is 0.660. The minimum absolute atomic E-state index is 0.115. The van der Waals surface area contributed by atoms with Gasteiger partial charge in [0, 0.05) is 10.6 Å². The van der Waals surface area contributed by atoms with Crippen molar-refractivity contribution in [2.45, 2.75) is 46.4 Å². The number of carbonyl (C=O) groups excluding carboxylic acids is 1. The van der Waals surface area contributed by atoms with E-state index in [1.807, 2.05) is 80.6 Å². The van der Waals surface area contributed by atoms with E-state index in [4.69, 9.17) is 30.5 Å². The van der Waals surface area contributed by atoms with Crippen LogP contribution in [0.4, 0.5) is 0 Å². The van der Waals surface area contributed by atoms with Crippen LogP contribution in [0.2, 0.25) is 5.02 Å². The van der Waals surface area contributed by atoms with Crippen LogP contribution in [0.5, 0.6) is 17.2 Å². The van der Waals surface area contributed by atoms with Crippen LogP contribution in [0.25, 0.3) is 6.08 Å². The third kappa shape index (κ3) is 6.59. The number of hydrogen-bond donors (Lipinski definition) is 0. The summed E-state index contributed by atoms with van der Waals surface area (Å²) in [5.41, 5.74) is 2.89. The van der Waals surface area contributed by atoms with Crippen LogP contribution in [0.3, 0.4) is 0 Å². The van der Waals surface area contributed by atoms with Crippen LogP contribution < -0.4 is 29.1 Å². The molecule has 1 aliphatic heterocycles. The second-order valence-electron chi connectivity index (χ2n) is 10.3. The zero-order valence-electron chi connectivity index (χ0n) is 25.1. The van der Waals surface area contributed by atoms with Crippen LogP contribution in [-0.4, -0.2) is 30.4 Å². The van der Waals surface area contributed by atoms with Crippen molar-refractivity contribution in [3.63, 3.8) is 0 Å². The Labute approximate surface area is 264 Å². The zero-order valence-corrected chi connectivity index (χ0v) is 26.7. The number of aromatic nitrogens is 1. The molecule has 0 amide bonds. The third-order valence-corrected chi connectivity index (χ3v) is 8.12. The smallest absolute Gasteiger partial charge is 0.338 e. The Morgan fingerprint density at radius 1 is 1.07 bits per heavy atom. The number of benzene rings is 3. The standard InChI is InChI=1S/C34H33ClN2O6S/c1-6-41-33(39)30-21(4)36-34-37(31(30)25-9-7-8-10-26(25)43-20(2)3)32(38)29(44-34)18-23-13-16-27(28(17-23)40-5)42-19-22-11-14-24(35)15-12-22/h7-18,20,31H,6,19H2,1-5H3/b29-18+/t31-/m0/s1. The van der Waals surface area contributed by atoms with Gasteiger partial charge < -0.3 is 18.9 Å². The molecule has 0 fully saturated rings. The Morgan fingerprint density at radius 2 is 1.82 bits per heavy atom. The lowest BCUT2D eigenvalue weighted by molar-refractivity contribution is -0.139. The Balaban J connectivity index is 1.57. The maximum atomic E-state index is 14.1. The number of carbonyl (C=O) groups is 1. The Morgan fingerprint density at radius 3 is 2.52 bits per heavy atom. The molecule has 0 N–H and O–H groups in total. The molecular formula is C34H33ClN2O6S. The van der Waals surface area contributed by atoms with Gasteiger partial charge in [0.2, 0.25) is 0 Å². The van der Waals surface area contributed by atoms with Gasteiger partial charge in [-0.2, -0.15) is 0 Å². The molecule has 5 rings (SSSR count). The van der Waals surface area contributed by atoms with E-state index in [1.54, 1.807) is 31.6 Å². The molecule has 0 spiro atoms. The monoisotopic (exact) mass is 632 g/mol. The molecule has 1 atom stereocenters. The predicted octanol–water partition coefficient (Wildman–Crippen LogP) is 5.83. The van der Waals surface area contributed by atoms with Crippen molar-refractivity contribution in [2.24, 2.45) is 4.99 Å². The summed E-state index contributed by atoms with van der Waals surface area (Å²) in [7, 11) is 1.57. The molecule has 3 aromatic carbocycles. The van der Waals surface area contributed by atoms with Crippen LogP contribution in [0, 0.1) is 0 Å². The first-order valence-corrected chi connectivity index (χ1v) is 15.4. The molecule has 0 bridgehead atoms. The number of esters is 1. The average Bonchev–Trinajstić information content (AvgIpc) is 3.30. The van der Waals surface area contributed by atoms with Gasteiger partial charge in [0.05, 0.1) is 35.6 Å². The number of methoxy groups -OCH3 is 1. The van der Waals surface area contributed by atoms with Crippen LogP contribution >= 0.6 is 22.9 Å². The van der Waals surface area contributed by atoms with Crippen molar-refractivity contribution in [3.05, 3.63) is 119 Å². The molecule has 8 nitrogen and oxygen atoms in total. The highest BCUT2D eigenvalue weighted by molar-refractivity contribution is 7.07. The summed E-state index contributed by atoms with van der Waals surface area (Å²) in [4.78, 5) is 32.5. The van der Waals surface area contributed by atoms with Crippen molar-refractivity contribution in [2.75, 3.05) is 13.7 Å². The first kappa shape index (κ1) is 31.1. The highest BCUT2D eigenvalue weighted by Crippen LogP contribution is 2.36. The molecule has 0 unspecified atom stereocenters. The molecule has 10 heteroatoms. The van der Waals surface area contributed by atoms with Gasteiger partial charge in [0.15, 0.2) is 16.3 Å². The van der Waals surface area contributed by atoms with Gasteiger partial charge >= 0.3 is 5.97 Å². The Kier molecular flexibility index (Phi) is 9.56. The predicted molar refractivity (Wildman–Crippen MR) is 171 cm³/mol. The van der Waals surface area contributed by atoms with Gasteiger partial charge in [-0.1, -0.05) is 59.3 Å². The maximum absolute atomic E-state index is 14.1. The number of ether oxygens (including phenoxy) is 4. The summed E-state index contributed by atoms with van der Waals surface area (Å²) in [6, 6.07) is 19.6. The van der Waals surface area contributed by atoms with Crippen LogP contribution in [0.15, 0.2) is 87.8 Å². The summed E-state index contributed by atoms with van der Waals surface area (Å²) >= 11 is 7.24. The van der Waals surface area contributed by atoms with E-state index in [-0.39, 0.29) is 18.3 Å². The minimum atomic E-state index is -0.777. The topological polar surface area (TPSA) is 88.4 Å². The average molecular weight is 633 g/mol. The van der Waals surface area contributed by atoms with Gasteiger partial charge in [-0.25, -0.2) is 9.79 Å². The van der Waals surface area contributed by atoms with Crippen molar-refractivity contribution >= 4 is 35.0 Å². The molecule has 0 saturated heterocycles. The number of hydrogen-bond acceptors (Lipinski definition) is 8. The lowest BCUT2D eigenvalue weighted by Gasteiger charge is -2.26. The molecule has 0 radical (unpaired) electrons. The van der Waals surface area contributed by atoms with Crippen LogP contribution in [-0.2, 0) is 16.1 Å². The van der Waals surface area contributed by atoms with Crippen molar-refractivity contribution < 1.29 is 23.7 Å². The molecule has 1 aromatic heterocycles. The molecule has 2 heterocycles. The Bertz CT molecular complexity index is 1890. The van der Waals surface area contributed by atoms with Gasteiger partial charge in [-0.05, 0) is 75.2 Å². The van der Waals surface area contributed by atoms with Crippen LogP contribution in [0.1, 0.15) is 50.4 Å². The molecule has 0 saturated carbocycles. The highest BCUT2D eigenvalue weighted by atomic mass is 35.5. The SMILES string of the molecule is CCOC(=O)C1=C(C)N=c2s/c(=C/c3ccc(OCc4ccc(Cl)cc4)c(OC)c3)c(=O)n2[C@H]1c1ccccc1OC(C)C. The second kappa shape index (κ2) is 13.5. The first-order chi connectivity index (χ1) is 21.2. The van der Waals surface area contributed by atoms with E-state index >= 15 is 0 Å². The number of nitrogens with zero attached hydrogens (tertiary/aromatic N) is 2. The minimum Gasteiger partial charge on any atom is -0.493 e. The van der Waals surface area contributed by atoms with Gasteiger partial charge in [0.1, 0.15) is 18.4 Å². The Hall–Kier alpha value is -4.34. The number of thiazole rings is 1. The van der Waals surface area contributed by atoms with E-state index < -0.39 is 12.0 Å². The molecule has 0 aliphatic carbocycles. The number of para-hydroxylation sites is 1. The lowest BCUT2D eigenvalue weighted by atomic mass is 9.95. The van der Waals surface area contributed by atoms with Gasteiger partial charge in [-0.15, -0.1) is 0 Å². The fraction of sp³-hybridized carbons (Fsp3) is 0.265. The quantitative estimate of drug-likeness (QED) is 0.205. The van der Waals surface area contributed by atoms with E-state index in [0.717, 1.165) is 11.1 Å². The summed E-state index contributed by atoms with van der Waals surface area (Å²) in [6.45, 7) is 7.90. The zero-order chi connectivity index (χ0) is 31.4. The number of halogens is 1. The fourth-order valence-electron chi connectivity index (χ4n) is 4.94. The second-order valence-corrected chi connectivity index (χ2v) is 11.8. The molecular weight excluding hydrogens is 600 g/mol. The van der Waals surface area contributed by atoms with E-state index in [1.165, 1.54) is 11.3 Å². The largest absolute Gasteiger partial charge is 0.493 e. The molecule has 1 aliphatic rings. The van der Waals surface area contributed by atoms with Crippen molar-refractivity contribution in [1.82, 2.24) is 4.57 Å². The maximum Gasteiger partial charge on any atom is 0.338 e. The highest BCUT2D eigenvalue weighted by Gasteiger charge is 2.35. The van der Waals surface area contributed by atoms with Crippen molar-refractivity contribution in [3.8, 4) is 17.2 Å². The number of allylic oxidation sites excluding steroid dienone is 1. The number of rotatable bonds is 10. The molecule has 228 valence electrons. The third-order valence-electron chi connectivity index (χ3n) is 6.89. The van der Waals surface area contributed by atoms with E-state index in [9.17, 15) is 9.59 Å². The van der Waals surface area contributed by atoms with E-state index in [2.05, 4.69) is 4.99 Å². The first-order valence-electron chi connectivity index (χ1n) is 14.2. The summed E-state index contributed by atoms with van der Waals surface area (Å²) < 4.78 is 25.1. The fourth-order valence-corrected chi connectivity index (χ4v) is 6.11.